The molecule has 0 aliphatic heterocycles. The Hall–Kier alpha value is -0.0400. The Bertz CT molecular complexity index is 155. The topological polar surface area (TPSA) is 20.2 Å². The third-order valence-electron chi connectivity index (χ3n) is 3.89. The minimum atomic E-state index is -0.0623. The van der Waals surface area contributed by atoms with E-state index in [0.29, 0.717) is 11.8 Å². The molecule has 0 amide bonds. The van der Waals surface area contributed by atoms with Gasteiger partial charge in [-0.2, -0.15) is 0 Å². The zero-order valence-corrected chi connectivity index (χ0v) is 9.46. The predicted molar refractivity (Wildman–Crippen MR) is 56.5 cm³/mol. The van der Waals surface area contributed by atoms with Gasteiger partial charge in [0.05, 0.1) is 6.10 Å². The maximum atomic E-state index is 9.96. The summed E-state index contributed by atoms with van der Waals surface area (Å²) in [6, 6.07) is 0. The Kier molecular flexibility index (Phi) is 3.78. The Morgan fingerprint density at radius 3 is 2.31 bits per heavy atom. The number of hydrogen-bond acceptors (Lipinski definition) is 1. The first-order chi connectivity index (χ1) is 6.07. The van der Waals surface area contributed by atoms with Gasteiger partial charge < -0.3 is 5.11 Å². The van der Waals surface area contributed by atoms with Crippen LogP contribution in [0, 0.1) is 23.7 Å². The van der Waals surface area contributed by atoms with Crippen LogP contribution in [0.4, 0.5) is 0 Å². The van der Waals surface area contributed by atoms with E-state index in [2.05, 4.69) is 27.7 Å². The first kappa shape index (κ1) is 11.0. The minimum Gasteiger partial charge on any atom is -0.393 e. The monoisotopic (exact) mass is 184 g/mol. The fourth-order valence-electron chi connectivity index (χ4n) is 3.07. The van der Waals surface area contributed by atoms with Gasteiger partial charge in [0.1, 0.15) is 0 Å². The SMILES string of the molecule is CCCC1C(C)CC(C)C(O)C1C. The largest absolute Gasteiger partial charge is 0.393 e. The zero-order chi connectivity index (χ0) is 10.0. The third-order valence-corrected chi connectivity index (χ3v) is 3.89. The maximum Gasteiger partial charge on any atom is 0.0594 e. The van der Waals surface area contributed by atoms with E-state index in [1.54, 1.807) is 0 Å². The Morgan fingerprint density at radius 1 is 1.15 bits per heavy atom. The second kappa shape index (κ2) is 4.45. The summed E-state index contributed by atoms with van der Waals surface area (Å²) in [6.45, 7) is 8.99. The van der Waals surface area contributed by atoms with Crippen molar-refractivity contribution >= 4 is 0 Å². The molecule has 0 bridgehead atoms. The number of aliphatic hydroxyl groups is 1. The molecule has 1 aliphatic rings. The van der Waals surface area contributed by atoms with Crippen LogP contribution in [0.2, 0.25) is 0 Å². The Balaban J connectivity index is 2.61. The first-order valence-corrected chi connectivity index (χ1v) is 5.76. The van der Waals surface area contributed by atoms with Crippen molar-refractivity contribution in [2.24, 2.45) is 23.7 Å². The maximum absolute atomic E-state index is 9.96. The van der Waals surface area contributed by atoms with Gasteiger partial charge in [0.25, 0.3) is 0 Å². The lowest BCUT2D eigenvalue weighted by atomic mass is 9.66. The van der Waals surface area contributed by atoms with Crippen molar-refractivity contribution in [1.29, 1.82) is 0 Å². The molecule has 0 aromatic rings. The van der Waals surface area contributed by atoms with Crippen LogP contribution in [-0.4, -0.2) is 11.2 Å². The molecule has 0 spiro atoms. The summed E-state index contributed by atoms with van der Waals surface area (Å²) >= 11 is 0. The highest BCUT2D eigenvalue weighted by Gasteiger charge is 2.36. The van der Waals surface area contributed by atoms with Crippen LogP contribution in [0.5, 0.6) is 0 Å². The molecule has 78 valence electrons. The highest BCUT2D eigenvalue weighted by Crippen LogP contribution is 2.40. The molecule has 13 heavy (non-hydrogen) atoms. The predicted octanol–water partition coefficient (Wildman–Crippen LogP) is 3.08. The average molecular weight is 184 g/mol. The van der Waals surface area contributed by atoms with E-state index in [1.165, 1.54) is 19.3 Å². The van der Waals surface area contributed by atoms with Gasteiger partial charge in [-0.1, -0.05) is 40.5 Å². The minimum absolute atomic E-state index is 0.0623. The van der Waals surface area contributed by atoms with E-state index in [0.717, 1.165) is 11.8 Å². The molecule has 0 radical (unpaired) electrons. The first-order valence-electron chi connectivity index (χ1n) is 5.76. The summed E-state index contributed by atoms with van der Waals surface area (Å²) in [7, 11) is 0. The average Bonchev–Trinajstić information content (AvgIpc) is 2.09. The molecule has 0 aromatic carbocycles. The number of rotatable bonds is 2. The van der Waals surface area contributed by atoms with Crippen molar-refractivity contribution in [2.45, 2.75) is 53.1 Å². The standard InChI is InChI=1S/C12H24O/c1-5-6-11-8(2)7-9(3)12(13)10(11)4/h8-13H,5-7H2,1-4H3. The molecule has 1 rings (SSSR count). The molecule has 1 heteroatoms. The zero-order valence-electron chi connectivity index (χ0n) is 9.46. The van der Waals surface area contributed by atoms with Crippen LogP contribution in [0.15, 0.2) is 0 Å². The highest BCUT2D eigenvalue weighted by atomic mass is 16.3. The molecule has 5 unspecified atom stereocenters. The van der Waals surface area contributed by atoms with Crippen LogP contribution < -0.4 is 0 Å². The lowest BCUT2D eigenvalue weighted by Crippen LogP contribution is -2.40. The summed E-state index contributed by atoms with van der Waals surface area (Å²) in [5.41, 5.74) is 0. The molecule has 0 heterocycles. The summed E-state index contributed by atoms with van der Waals surface area (Å²) in [5, 5.41) is 9.96. The quantitative estimate of drug-likeness (QED) is 0.699. The molecule has 0 saturated heterocycles. The molecule has 0 aromatic heterocycles. The van der Waals surface area contributed by atoms with E-state index in [1.807, 2.05) is 0 Å². The van der Waals surface area contributed by atoms with E-state index in [4.69, 9.17) is 0 Å². The van der Waals surface area contributed by atoms with Crippen LogP contribution >= 0.6 is 0 Å². The summed E-state index contributed by atoms with van der Waals surface area (Å²) in [5.74, 6) is 2.54. The third kappa shape index (κ3) is 2.25. The van der Waals surface area contributed by atoms with Gasteiger partial charge in [-0.25, -0.2) is 0 Å². The van der Waals surface area contributed by atoms with Gasteiger partial charge in [0, 0.05) is 0 Å². The van der Waals surface area contributed by atoms with Gasteiger partial charge in [0.15, 0.2) is 0 Å². The van der Waals surface area contributed by atoms with E-state index < -0.39 is 0 Å². The fraction of sp³-hybridized carbons (Fsp3) is 1.00. The lowest BCUT2D eigenvalue weighted by molar-refractivity contribution is -0.0271. The van der Waals surface area contributed by atoms with Crippen molar-refractivity contribution in [1.82, 2.24) is 0 Å². The Labute approximate surface area is 82.5 Å². The normalized spacial score (nSPS) is 46.4. The van der Waals surface area contributed by atoms with E-state index >= 15 is 0 Å². The van der Waals surface area contributed by atoms with Crippen molar-refractivity contribution in [3.05, 3.63) is 0 Å². The van der Waals surface area contributed by atoms with Crippen molar-refractivity contribution < 1.29 is 5.11 Å². The van der Waals surface area contributed by atoms with Crippen LogP contribution in [0.3, 0.4) is 0 Å². The Morgan fingerprint density at radius 2 is 1.77 bits per heavy atom. The molecule has 1 N–H and O–H groups in total. The van der Waals surface area contributed by atoms with Crippen molar-refractivity contribution in [3.8, 4) is 0 Å². The summed E-state index contributed by atoms with van der Waals surface area (Å²) < 4.78 is 0. The van der Waals surface area contributed by atoms with Gasteiger partial charge in [0.2, 0.25) is 0 Å². The molecule has 1 aliphatic carbocycles. The molecule has 1 saturated carbocycles. The molecule has 5 atom stereocenters. The van der Waals surface area contributed by atoms with Crippen LogP contribution in [0.25, 0.3) is 0 Å². The summed E-state index contributed by atoms with van der Waals surface area (Å²) in [4.78, 5) is 0. The van der Waals surface area contributed by atoms with Crippen molar-refractivity contribution in [3.63, 3.8) is 0 Å². The second-order valence-electron chi connectivity index (χ2n) is 4.99. The number of hydrogen-bond donors (Lipinski definition) is 1. The number of aliphatic hydroxyl groups excluding tert-OH is 1. The van der Waals surface area contributed by atoms with Gasteiger partial charge in [-0.3, -0.25) is 0 Å². The van der Waals surface area contributed by atoms with Gasteiger partial charge in [-0.05, 0) is 30.1 Å². The molecule has 1 fully saturated rings. The van der Waals surface area contributed by atoms with E-state index in [9.17, 15) is 5.11 Å². The smallest absolute Gasteiger partial charge is 0.0594 e. The second-order valence-corrected chi connectivity index (χ2v) is 4.99. The fourth-order valence-corrected chi connectivity index (χ4v) is 3.07. The molecule has 1 nitrogen and oxygen atoms in total. The van der Waals surface area contributed by atoms with Crippen LogP contribution in [0.1, 0.15) is 47.0 Å². The highest BCUT2D eigenvalue weighted by molar-refractivity contribution is 4.86. The van der Waals surface area contributed by atoms with Crippen LogP contribution in [-0.2, 0) is 0 Å². The van der Waals surface area contributed by atoms with E-state index in [-0.39, 0.29) is 6.10 Å². The molecular weight excluding hydrogens is 160 g/mol. The summed E-state index contributed by atoms with van der Waals surface area (Å²) in [6.07, 6.45) is 3.68. The van der Waals surface area contributed by atoms with Crippen molar-refractivity contribution in [2.75, 3.05) is 0 Å². The van der Waals surface area contributed by atoms with Gasteiger partial charge in [-0.15, -0.1) is 0 Å². The lowest BCUT2D eigenvalue weighted by Gasteiger charge is -2.41. The van der Waals surface area contributed by atoms with Gasteiger partial charge >= 0.3 is 0 Å². The molecular formula is C12H24O.